The summed E-state index contributed by atoms with van der Waals surface area (Å²) in [6, 6.07) is 11.4. The first kappa shape index (κ1) is 16.4. The van der Waals surface area contributed by atoms with Crippen molar-refractivity contribution in [3.05, 3.63) is 48.9 Å². The number of pyridine rings is 1. The molecule has 24 heavy (non-hydrogen) atoms. The Balaban J connectivity index is 1.97. The minimum absolute atomic E-state index is 0.0280. The van der Waals surface area contributed by atoms with E-state index in [1.807, 2.05) is 48.7 Å². The van der Waals surface area contributed by atoms with Gasteiger partial charge < -0.3 is 4.57 Å². The predicted octanol–water partition coefficient (Wildman–Crippen LogP) is 3.23. The van der Waals surface area contributed by atoms with Gasteiger partial charge in [-0.2, -0.15) is 8.42 Å². The zero-order chi connectivity index (χ0) is 17.3. The van der Waals surface area contributed by atoms with Gasteiger partial charge in [-0.1, -0.05) is 25.1 Å². The average molecular weight is 344 g/mol. The van der Waals surface area contributed by atoms with Crippen LogP contribution in [0.25, 0.3) is 10.9 Å². The van der Waals surface area contributed by atoms with E-state index < -0.39 is 10.0 Å². The van der Waals surface area contributed by atoms with Crippen LogP contribution in [0.1, 0.15) is 26.3 Å². The SMILES string of the molecule is CCC(C)n1cnc(S(=O)(=O)N(C)c2ccc3ccccc3n2)c1. The molecule has 0 amide bonds. The van der Waals surface area contributed by atoms with Crippen molar-refractivity contribution in [1.29, 1.82) is 0 Å². The molecular formula is C17H20N4O2S. The average Bonchev–Trinajstić information content (AvgIpc) is 3.11. The molecule has 126 valence electrons. The number of sulfonamides is 1. The third kappa shape index (κ3) is 2.87. The summed E-state index contributed by atoms with van der Waals surface area (Å²) < 4.78 is 28.6. The number of rotatable bonds is 5. The maximum atomic E-state index is 12.8. The molecule has 2 heterocycles. The van der Waals surface area contributed by atoms with Gasteiger partial charge in [0.1, 0.15) is 5.82 Å². The normalized spacial score (nSPS) is 13.1. The number of para-hydroxylation sites is 1. The standard InChI is InChI=1S/C17H20N4O2S/c1-4-13(2)21-11-17(18-12-21)24(22,23)20(3)16-10-9-14-7-5-6-8-15(14)19-16/h5-13H,4H2,1-3H3. The Bertz CT molecular complexity index is 965. The number of imidazole rings is 1. The Morgan fingerprint density at radius 1 is 1.21 bits per heavy atom. The number of fused-ring (bicyclic) bond motifs is 1. The molecule has 1 unspecified atom stereocenters. The van der Waals surface area contributed by atoms with Crippen molar-refractivity contribution >= 4 is 26.7 Å². The highest BCUT2D eigenvalue weighted by Gasteiger charge is 2.25. The van der Waals surface area contributed by atoms with E-state index in [0.29, 0.717) is 5.82 Å². The largest absolute Gasteiger partial charge is 0.333 e. The first-order chi connectivity index (χ1) is 11.4. The van der Waals surface area contributed by atoms with Crippen LogP contribution < -0.4 is 4.31 Å². The number of hydrogen-bond donors (Lipinski definition) is 0. The molecule has 1 atom stereocenters. The summed E-state index contributed by atoms with van der Waals surface area (Å²) in [6.07, 6.45) is 4.03. The minimum atomic E-state index is -3.74. The molecule has 1 aromatic carbocycles. The van der Waals surface area contributed by atoms with E-state index >= 15 is 0 Å². The van der Waals surface area contributed by atoms with Crippen molar-refractivity contribution in [3.8, 4) is 0 Å². The topological polar surface area (TPSA) is 68.1 Å². The van der Waals surface area contributed by atoms with E-state index in [1.165, 1.54) is 11.4 Å². The van der Waals surface area contributed by atoms with Gasteiger partial charge in [-0.15, -0.1) is 0 Å². The predicted molar refractivity (Wildman–Crippen MR) is 94.6 cm³/mol. The number of benzene rings is 1. The van der Waals surface area contributed by atoms with Gasteiger partial charge in [0, 0.05) is 24.7 Å². The van der Waals surface area contributed by atoms with E-state index in [1.54, 1.807) is 18.6 Å². The van der Waals surface area contributed by atoms with Crippen LogP contribution in [0.5, 0.6) is 0 Å². The van der Waals surface area contributed by atoms with E-state index in [9.17, 15) is 8.42 Å². The number of aromatic nitrogens is 3. The van der Waals surface area contributed by atoms with E-state index in [4.69, 9.17) is 0 Å². The first-order valence-corrected chi connectivity index (χ1v) is 9.25. The van der Waals surface area contributed by atoms with Gasteiger partial charge >= 0.3 is 0 Å². The van der Waals surface area contributed by atoms with Gasteiger partial charge in [0.2, 0.25) is 0 Å². The van der Waals surface area contributed by atoms with Crippen LogP contribution in [-0.2, 0) is 10.0 Å². The van der Waals surface area contributed by atoms with Gasteiger partial charge in [0.05, 0.1) is 11.8 Å². The van der Waals surface area contributed by atoms with Crippen LogP contribution in [0.3, 0.4) is 0 Å². The molecule has 0 saturated carbocycles. The number of hydrogen-bond acceptors (Lipinski definition) is 4. The lowest BCUT2D eigenvalue weighted by atomic mass is 10.2. The second-order valence-electron chi connectivity index (χ2n) is 5.75. The molecule has 0 aliphatic heterocycles. The van der Waals surface area contributed by atoms with Gasteiger partial charge in [0.25, 0.3) is 10.0 Å². The third-order valence-corrected chi connectivity index (χ3v) is 5.86. The van der Waals surface area contributed by atoms with Crippen molar-refractivity contribution in [2.75, 3.05) is 11.4 Å². The second kappa shape index (κ2) is 6.24. The molecule has 7 heteroatoms. The molecule has 0 aliphatic carbocycles. The summed E-state index contributed by atoms with van der Waals surface area (Å²) in [6.45, 7) is 4.07. The van der Waals surface area contributed by atoms with Crippen molar-refractivity contribution in [3.63, 3.8) is 0 Å². The fraction of sp³-hybridized carbons (Fsp3) is 0.294. The Morgan fingerprint density at radius 3 is 2.71 bits per heavy atom. The fourth-order valence-corrected chi connectivity index (χ4v) is 3.46. The van der Waals surface area contributed by atoms with E-state index in [0.717, 1.165) is 17.3 Å². The zero-order valence-corrected chi connectivity index (χ0v) is 14.7. The molecule has 3 rings (SSSR count). The van der Waals surface area contributed by atoms with Gasteiger partial charge in [0.15, 0.2) is 5.03 Å². The number of nitrogens with zero attached hydrogens (tertiary/aromatic N) is 4. The van der Waals surface area contributed by atoms with Gasteiger partial charge in [-0.3, -0.25) is 4.31 Å². The second-order valence-corrected chi connectivity index (χ2v) is 7.67. The monoisotopic (exact) mass is 344 g/mol. The summed E-state index contributed by atoms with van der Waals surface area (Å²) in [5.41, 5.74) is 0.752. The Hall–Kier alpha value is -2.41. The molecular weight excluding hydrogens is 324 g/mol. The summed E-state index contributed by atoms with van der Waals surface area (Å²) in [5.74, 6) is 0.367. The molecule has 0 radical (unpaired) electrons. The third-order valence-electron chi connectivity index (χ3n) is 4.21. The van der Waals surface area contributed by atoms with E-state index in [-0.39, 0.29) is 11.1 Å². The Kier molecular flexibility index (Phi) is 4.28. The van der Waals surface area contributed by atoms with Crippen molar-refractivity contribution in [2.24, 2.45) is 0 Å². The van der Waals surface area contributed by atoms with Crippen LogP contribution in [0.2, 0.25) is 0 Å². The van der Waals surface area contributed by atoms with Crippen LogP contribution in [0, 0.1) is 0 Å². The smallest absolute Gasteiger partial charge is 0.284 e. The van der Waals surface area contributed by atoms with Gasteiger partial charge in [-0.05, 0) is 31.5 Å². The maximum Gasteiger partial charge on any atom is 0.284 e. The molecule has 3 aromatic rings. The maximum absolute atomic E-state index is 12.8. The van der Waals surface area contributed by atoms with Crippen LogP contribution in [-0.4, -0.2) is 30.0 Å². The Labute approximate surface area is 141 Å². The van der Waals surface area contributed by atoms with Crippen molar-refractivity contribution in [1.82, 2.24) is 14.5 Å². The molecule has 2 aromatic heterocycles. The van der Waals surface area contributed by atoms with Crippen molar-refractivity contribution in [2.45, 2.75) is 31.3 Å². The summed E-state index contributed by atoms with van der Waals surface area (Å²) in [4.78, 5) is 8.51. The summed E-state index contributed by atoms with van der Waals surface area (Å²) >= 11 is 0. The highest BCUT2D eigenvalue weighted by molar-refractivity contribution is 7.92. The lowest BCUT2D eigenvalue weighted by Gasteiger charge is -2.17. The molecule has 0 spiro atoms. The highest BCUT2D eigenvalue weighted by atomic mass is 32.2. The van der Waals surface area contributed by atoms with E-state index in [2.05, 4.69) is 9.97 Å². The zero-order valence-electron chi connectivity index (χ0n) is 13.9. The van der Waals surface area contributed by atoms with Gasteiger partial charge in [-0.25, -0.2) is 9.97 Å². The molecule has 0 aliphatic rings. The summed E-state index contributed by atoms with van der Waals surface area (Å²) in [5, 5.41) is 0.994. The van der Waals surface area contributed by atoms with Crippen LogP contribution in [0.15, 0.2) is 53.9 Å². The lowest BCUT2D eigenvalue weighted by Crippen LogP contribution is -2.27. The molecule has 0 N–H and O–H groups in total. The van der Waals surface area contributed by atoms with Crippen LogP contribution >= 0.6 is 0 Å². The van der Waals surface area contributed by atoms with Crippen LogP contribution in [0.4, 0.5) is 5.82 Å². The first-order valence-electron chi connectivity index (χ1n) is 7.81. The Morgan fingerprint density at radius 2 is 1.96 bits per heavy atom. The molecule has 6 nitrogen and oxygen atoms in total. The minimum Gasteiger partial charge on any atom is -0.333 e. The van der Waals surface area contributed by atoms with Crippen molar-refractivity contribution < 1.29 is 8.42 Å². The summed E-state index contributed by atoms with van der Waals surface area (Å²) in [7, 11) is -2.25. The fourth-order valence-electron chi connectivity index (χ4n) is 2.40. The number of anilines is 1. The highest BCUT2D eigenvalue weighted by Crippen LogP contribution is 2.23. The molecule has 0 fully saturated rings. The molecule has 0 bridgehead atoms. The lowest BCUT2D eigenvalue weighted by molar-refractivity contribution is 0.529. The quantitative estimate of drug-likeness (QED) is 0.712. The molecule has 0 saturated heterocycles.